The van der Waals surface area contributed by atoms with E-state index in [9.17, 15) is 4.79 Å². The molecule has 0 bridgehead atoms. The summed E-state index contributed by atoms with van der Waals surface area (Å²) in [6.07, 6.45) is 5.67. The Morgan fingerprint density at radius 2 is 1.88 bits per heavy atom. The minimum atomic E-state index is -0.0698. The van der Waals surface area contributed by atoms with Crippen LogP contribution in [0.3, 0.4) is 0 Å². The molecular weight excluding hydrogens is 412 g/mol. The van der Waals surface area contributed by atoms with Crippen molar-refractivity contribution in [2.75, 3.05) is 36.5 Å². The van der Waals surface area contributed by atoms with Gasteiger partial charge in [-0.05, 0) is 74.7 Å². The number of rotatable bonds is 8. The number of pyridine rings is 1. The summed E-state index contributed by atoms with van der Waals surface area (Å²) in [5.41, 5.74) is 4.87. The van der Waals surface area contributed by atoms with Crippen LogP contribution in [0.25, 0.3) is 0 Å². The quantitative estimate of drug-likeness (QED) is 0.498. The lowest BCUT2D eigenvalue weighted by Gasteiger charge is -2.34. The highest BCUT2D eigenvalue weighted by atomic mass is 16.5. The number of nitrogens with one attached hydrogen (secondary N) is 2. The van der Waals surface area contributed by atoms with Gasteiger partial charge in [-0.3, -0.25) is 9.78 Å². The number of benzene rings is 2. The summed E-state index contributed by atoms with van der Waals surface area (Å²) >= 11 is 0. The van der Waals surface area contributed by atoms with Crippen LogP contribution >= 0.6 is 0 Å². The number of piperidine rings is 1. The third-order valence-corrected chi connectivity index (χ3v) is 6.05. The van der Waals surface area contributed by atoms with Crippen molar-refractivity contribution in [3.05, 3.63) is 83.7 Å². The van der Waals surface area contributed by atoms with Gasteiger partial charge < -0.3 is 20.3 Å². The fourth-order valence-electron chi connectivity index (χ4n) is 4.23. The second-order valence-corrected chi connectivity index (χ2v) is 8.57. The molecule has 1 saturated heterocycles. The summed E-state index contributed by atoms with van der Waals surface area (Å²) in [5, 5.41) is 6.61. The maximum Gasteiger partial charge on any atom is 0.255 e. The first kappa shape index (κ1) is 22.8. The molecule has 2 aromatic carbocycles. The summed E-state index contributed by atoms with van der Waals surface area (Å²) in [6.45, 7) is 7.49. The van der Waals surface area contributed by atoms with Crippen LogP contribution in [-0.4, -0.2) is 43.2 Å². The average molecular weight is 445 g/mol. The molecule has 33 heavy (non-hydrogen) atoms. The molecule has 1 aliphatic heterocycles. The monoisotopic (exact) mass is 444 g/mol. The zero-order chi connectivity index (χ0) is 23.0. The highest BCUT2D eigenvalue weighted by Crippen LogP contribution is 2.23. The molecule has 6 heteroatoms. The van der Waals surface area contributed by atoms with Crippen LogP contribution in [0, 0.1) is 13.8 Å². The molecule has 172 valence electrons. The molecule has 2 N–H and O–H groups in total. The molecule has 0 unspecified atom stereocenters. The Balaban J connectivity index is 1.21. The summed E-state index contributed by atoms with van der Waals surface area (Å²) in [6, 6.07) is 18.3. The van der Waals surface area contributed by atoms with Crippen LogP contribution in [0.1, 0.15) is 34.3 Å². The third kappa shape index (κ3) is 6.33. The van der Waals surface area contributed by atoms with Crippen LogP contribution in [0.15, 0.2) is 67.0 Å². The molecule has 3 aromatic rings. The second-order valence-electron chi connectivity index (χ2n) is 8.57. The molecule has 0 aliphatic carbocycles. The number of carbonyl (C=O) groups excluding carboxylic acids is 1. The second kappa shape index (κ2) is 11.0. The SMILES string of the molecule is Cc1ccc(C(=O)Nc2ccc(N3CCC(NCCOc4cccnc4)CC3)cc2)c(C)c1. The van der Waals surface area contributed by atoms with E-state index in [-0.39, 0.29) is 5.91 Å². The van der Waals surface area contributed by atoms with Crippen LogP contribution in [0.2, 0.25) is 0 Å². The summed E-state index contributed by atoms with van der Waals surface area (Å²) in [7, 11) is 0. The standard InChI is InChI=1S/C27H32N4O2/c1-20-5-10-26(21(2)18-20)27(32)30-23-6-8-24(9-7-23)31-15-11-22(12-16-31)29-14-17-33-25-4-3-13-28-19-25/h3-10,13,18-19,22,29H,11-12,14-17H2,1-2H3,(H,30,32). The molecule has 1 fully saturated rings. The van der Waals surface area contributed by atoms with E-state index in [1.165, 1.54) is 5.69 Å². The highest BCUT2D eigenvalue weighted by molar-refractivity contribution is 6.05. The van der Waals surface area contributed by atoms with Gasteiger partial charge >= 0.3 is 0 Å². The number of aromatic nitrogens is 1. The predicted octanol–water partition coefficient (Wildman–Crippen LogP) is 4.59. The molecular formula is C27H32N4O2. The molecule has 2 heterocycles. The van der Waals surface area contributed by atoms with Gasteiger partial charge in [0, 0.05) is 48.8 Å². The topological polar surface area (TPSA) is 66.5 Å². The van der Waals surface area contributed by atoms with E-state index in [2.05, 4.69) is 32.7 Å². The zero-order valence-corrected chi connectivity index (χ0v) is 19.4. The molecule has 1 aliphatic rings. The average Bonchev–Trinajstić information content (AvgIpc) is 2.83. The number of anilines is 2. The molecule has 0 atom stereocenters. The predicted molar refractivity (Wildman–Crippen MR) is 133 cm³/mol. The van der Waals surface area contributed by atoms with Crippen molar-refractivity contribution in [2.45, 2.75) is 32.7 Å². The summed E-state index contributed by atoms with van der Waals surface area (Å²) in [5.74, 6) is 0.738. The molecule has 6 nitrogen and oxygen atoms in total. The molecule has 0 spiro atoms. The summed E-state index contributed by atoms with van der Waals surface area (Å²) < 4.78 is 5.70. The first-order valence-corrected chi connectivity index (χ1v) is 11.6. The van der Waals surface area contributed by atoms with Gasteiger partial charge in [0.1, 0.15) is 12.4 Å². The van der Waals surface area contributed by atoms with Crippen molar-refractivity contribution < 1.29 is 9.53 Å². The minimum Gasteiger partial charge on any atom is -0.491 e. The van der Waals surface area contributed by atoms with E-state index >= 15 is 0 Å². The lowest BCUT2D eigenvalue weighted by molar-refractivity contribution is 0.102. The van der Waals surface area contributed by atoms with Gasteiger partial charge in [0.25, 0.3) is 5.91 Å². The van der Waals surface area contributed by atoms with Gasteiger partial charge in [0.05, 0.1) is 6.20 Å². The minimum absolute atomic E-state index is 0.0698. The van der Waals surface area contributed by atoms with Crippen LogP contribution in [-0.2, 0) is 0 Å². The fraction of sp³-hybridized carbons (Fsp3) is 0.333. The number of aryl methyl sites for hydroxylation is 2. The van der Waals surface area contributed by atoms with Crippen molar-refractivity contribution in [1.82, 2.24) is 10.3 Å². The number of amides is 1. The molecule has 0 saturated carbocycles. The van der Waals surface area contributed by atoms with Gasteiger partial charge in [-0.2, -0.15) is 0 Å². The molecule has 1 aromatic heterocycles. The Kier molecular flexibility index (Phi) is 7.58. The van der Waals surface area contributed by atoms with Gasteiger partial charge in [-0.1, -0.05) is 17.7 Å². The highest BCUT2D eigenvalue weighted by Gasteiger charge is 2.19. The Bertz CT molecular complexity index is 1050. The summed E-state index contributed by atoms with van der Waals surface area (Å²) in [4.78, 5) is 19.1. The molecule has 0 radical (unpaired) electrons. The smallest absolute Gasteiger partial charge is 0.255 e. The van der Waals surface area contributed by atoms with E-state index in [1.54, 1.807) is 12.4 Å². The van der Waals surface area contributed by atoms with Gasteiger partial charge in [-0.15, -0.1) is 0 Å². The first-order chi connectivity index (χ1) is 16.1. The van der Waals surface area contributed by atoms with Crippen molar-refractivity contribution in [2.24, 2.45) is 0 Å². The van der Waals surface area contributed by atoms with Gasteiger partial charge in [0.2, 0.25) is 0 Å². The molecule has 1 amide bonds. The number of ether oxygens (including phenoxy) is 1. The largest absolute Gasteiger partial charge is 0.491 e. The van der Waals surface area contributed by atoms with Crippen molar-refractivity contribution in [3.8, 4) is 5.75 Å². The van der Waals surface area contributed by atoms with Crippen LogP contribution in [0.4, 0.5) is 11.4 Å². The van der Waals surface area contributed by atoms with Crippen molar-refractivity contribution >= 4 is 17.3 Å². The van der Waals surface area contributed by atoms with Crippen LogP contribution in [0.5, 0.6) is 5.75 Å². The Morgan fingerprint density at radius 3 is 2.58 bits per heavy atom. The van der Waals surface area contributed by atoms with E-state index in [1.807, 2.05) is 56.3 Å². The zero-order valence-electron chi connectivity index (χ0n) is 19.4. The maximum absolute atomic E-state index is 12.6. The lowest BCUT2D eigenvalue weighted by Crippen LogP contribution is -2.43. The Labute approximate surface area is 196 Å². The van der Waals surface area contributed by atoms with E-state index < -0.39 is 0 Å². The molecule has 4 rings (SSSR count). The van der Waals surface area contributed by atoms with Gasteiger partial charge in [-0.25, -0.2) is 0 Å². The van der Waals surface area contributed by atoms with E-state index in [4.69, 9.17) is 4.74 Å². The van der Waals surface area contributed by atoms with Crippen molar-refractivity contribution in [1.29, 1.82) is 0 Å². The number of nitrogens with zero attached hydrogens (tertiary/aromatic N) is 2. The number of hydrogen-bond acceptors (Lipinski definition) is 5. The van der Waals surface area contributed by atoms with E-state index in [0.29, 0.717) is 18.2 Å². The Hall–Kier alpha value is -3.38. The van der Waals surface area contributed by atoms with Crippen LogP contribution < -0.4 is 20.3 Å². The van der Waals surface area contributed by atoms with Crippen molar-refractivity contribution in [3.63, 3.8) is 0 Å². The third-order valence-electron chi connectivity index (χ3n) is 6.05. The number of carbonyl (C=O) groups is 1. The van der Waals surface area contributed by atoms with E-state index in [0.717, 1.165) is 55.0 Å². The Morgan fingerprint density at radius 1 is 1.09 bits per heavy atom. The normalized spacial score (nSPS) is 14.2. The number of hydrogen-bond donors (Lipinski definition) is 2. The first-order valence-electron chi connectivity index (χ1n) is 11.6. The maximum atomic E-state index is 12.6. The fourth-order valence-corrected chi connectivity index (χ4v) is 4.23. The van der Waals surface area contributed by atoms with Gasteiger partial charge in [0.15, 0.2) is 0 Å². The lowest BCUT2D eigenvalue weighted by atomic mass is 10.0.